The Bertz CT molecular complexity index is 181. The van der Waals surface area contributed by atoms with E-state index in [2.05, 4.69) is 0 Å². The minimum Gasteiger partial charge on any atom is -0.209 e. The normalized spacial score (nSPS) is 21.7. The fourth-order valence-corrected chi connectivity index (χ4v) is 0.298. The quantitative estimate of drug-likeness (QED) is 0.460. The molecule has 0 N–H and O–H groups in total. The number of halogens is 5. The van der Waals surface area contributed by atoms with E-state index in [-0.39, 0.29) is 0 Å². The molecule has 0 aromatic heterocycles. The number of rotatable bonds is 1. The number of hydrogen-bond acceptors (Lipinski definition) is 0. The Morgan fingerprint density at radius 1 is 1.56 bits per heavy atom. The molecule has 5 heteroatoms. The van der Waals surface area contributed by atoms with Crippen LogP contribution < -0.4 is 0 Å². The second kappa shape index (κ2) is 2.68. The molecule has 0 aliphatic heterocycles. The Labute approximate surface area is 61.9 Å². The van der Waals surface area contributed by atoms with Gasteiger partial charge in [-0.05, 0) is 22.8 Å². The van der Waals surface area contributed by atoms with Crippen LogP contribution in [0.25, 0.3) is 0 Å². The Morgan fingerprint density at radius 2 is 2.00 bits per heavy atom. The van der Waals surface area contributed by atoms with E-state index in [1.165, 1.54) is 15.9 Å². The Hall–Kier alpha value is -0.0600. The number of hydrogen-bond donors (Lipinski definition) is 0. The van der Waals surface area contributed by atoms with Gasteiger partial charge in [0.15, 0.2) is 0 Å². The molecule has 0 amide bonds. The zero-order valence-corrected chi connectivity index (χ0v) is 5.48. The molecular formula is C4H3BrF4. The Balaban J connectivity index is 4.96. The van der Waals surface area contributed by atoms with Crippen LogP contribution in [0, 0.1) is 0 Å². The lowest BCUT2D eigenvalue weighted by atomic mass is 10.5. The highest BCUT2D eigenvalue weighted by Crippen LogP contribution is 2.33. The van der Waals surface area contributed by atoms with E-state index in [0.29, 0.717) is 0 Å². The van der Waals surface area contributed by atoms with Crippen molar-refractivity contribution in [3.63, 3.8) is 0 Å². The van der Waals surface area contributed by atoms with Crippen molar-refractivity contribution >= 4 is 15.9 Å². The maximum Gasteiger partial charge on any atom is 0.354 e. The number of alkyl halides is 3. The summed E-state index contributed by atoms with van der Waals surface area (Å²) in [4.78, 5) is -4.27. The van der Waals surface area contributed by atoms with Gasteiger partial charge >= 0.3 is 4.83 Å². The summed E-state index contributed by atoms with van der Waals surface area (Å²) in [7, 11) is 0. The SMILES string of the molecule is [2H]C([2H])([2H])C(F)=C(F)C(F)(F)Br. The van der Waals surface area contributed by atoms with Gasteiger partial charge in [0.1, 0.15) is 5.83 Å². The zero-order chi connectivity index (χ0) is 10.2. The fraction of sp³-hybridized carbons (Fsp3) is 0.500. The second-order valence-corrected chi connectivity index (χ2v) is 2.12. The largest absolute Gasteiger partial charge is 0.354 e. The molecule has 0 aliphatic carbocycles. The van der Waals surface area contributed by atoms with E-state index < -0.39 is 23.3 Å². The lowest BCUT2D eigenvalue weighted by Crippen LogP contribution is -2.05. The molecule has 0 saturated carbocycles. The standard InChI is InChI=1S/C4H3BrF4/c1-2(6)3(7)4(5,8)9/h1H3/i1D3. The van der Waals surface area contributed by atoms with Crippen LogP contribution >= 0.6 is 15.9 Å². The average molecular weight is 210 g/mol. The first kappa shape index (κ1) is 4.71. The monoisotopic (exact) mass is 209 g/mol. The summed E-state index contributed by atoms with van der Waals surface area (Å²) in [6, 6.07) is 0. The molecule has 0 aromatic carbocycles. The maximum atomic E-state index is 12.2. The van der Waals surface area contributed by atoms with Gasteiger partial charge in [0.05, 0.1) is 0 Å². The molecule has 0 rings (SSSR count). The highest BCUT2D eigenvalue weighted by atomic mass is 79.9. The van der Waals surface area contributed by atoms with Crippen molar-refractivity contribution in [2.75, 3.05) is 0 Å². The van der Waals surface area contributed by atoms with Crippen molar-refractivity contribution in [3.05, 3.63) is 11.7 Å². The summed E-state index contributed by atoms with van der Waals surface area (Å²) >= 11 is 1.48. The minimum atomic E-state index is -4.27. The molecule has 0 aliphatic rings. The van der Waals surface area contributed by atoms with E-state index in [0.717, 1.165) is 0 Å². The zero-order valence-electron chi connectivity index (χ0n) is 6.89. The summed E-state index contributed by atoms with van der Waals surface area (Å²) in [5.41, 5.74) is 0. The molecule has 0 heterocycles. The molecule has 0 saturated heterocycles. The van der Waals surface area contributed by atoms with Crippen molar-refractivity contribution in [1.82, 2.24) is 0 Å². The van der Waals surface area contributed by atoms with Crippen molar-refractivity contribution in [3.8, 4) is 0 Å². The van der Waals surface area contributed by atoms with E-state index in [4.69, 9.17) is 4.11 Å². The minimum absolute atomic E-state index is 1.48. The lowest BCUT2D eigenvalue weighted by molar-refractivity contribution is 0.122. The van der Waals surface area contributed by atoms with Crippen LogP contribution in [0.4, 0.5) is 17.6 Å². The number of allylic oxidation sites excluding steroid dienone is 2. The van der Waals surface area contributed by atoms with Gasteiger partial charge in [-0.1, -0.05) is 0 Å². The summed E-state index contributed by atoms with van der Waals surface area (Å²) in [6.07, 6.45) is 0. The predicted octanol–water partition coefficient (Wildman–Crippen LogP) is 3.14. The van der Waals surface area contributed by atoms with Crippen LogP contribution in [0.5, 0.6) is 0 Å². The first-order valence-electron chi connectivity index (χ1n) is 3.19. The third-order valence-electron chi connectivity index (χ3n) is 0.442. The van der Waals surface area contributed by atoms with Crippen LogP contribution in [-0.2, 0) is 0 Å². The molecule has 0 bridgehead atoms. The van der Waals surface area contributed by atoms with E-state index >= 15 is 0 Å². The topological polar surface area (TPSA) is 0 Å². The van der Waals surface area contributed by atoms with Gasteiger partial charge < -0.3 is 0 Å². The third-order valence-corrected chi connectivity index (χ3v) is 0.790. The second-order valence-electron chi connectivity index (χ2n) is 1.13. The molecule has 54 valence electrons. The van der Waals surface area contributed by atoms with Gasteiger partial charge in [-0.2, -0.15) is 8.78 Å². The molecular weight excluding hydrogens is 204 g/mol. The van der Waals surface area contributed by atoms with E-state index in [1.54, 1.807) is 0 Å². The summed E-state index contributed by atoms with van der Waals surface area (Å²) < 4.78 is 66.9. The third kappa shape index (κ3) is 2.84. The van der Waals surface area contributed by atoms with Crippen LogP contribution in [0.1, 0.15) is 11.0 Å². The predicted molar refractivity (Wildman–Crippen MR) is 28.8 cm³/mol. The smallest absolute Gasteiger partial charge is 0.209 e. The van der Waals surface area contributed by atoms with Gasteiger partial charge in [-0.25, -0.2) is 8.78 Å². The fourth-order valence-electron chi connectivity index (χ4n) is 0.124. The van der Waals surface area contributed by atoms with Gasteiger partial charge in [-0.3, -0.25) is 0 Å². The molecule has 0 radical (unpaired) electrons. The molecule has 0 aromatic rings. The van der Waals surface area contributed by atoms with Crippen molar-refractivity contribution in [2.45, 2.75) is 11.7 Å². The van der Waals surface area contributed by atoms with Gasteiger partial charge in [0, 0.05) is 4.11 Å². The maximum absolute atomic E-state index is 12.2. The van der Waals surface area contributed by atoms with Crippen molar-refractivity contribution in [1.29, 1.82) is 0 Å². The Kier molecular flexibility index (Phi) is 1.40. The van der Waals surface area contributed by atoms with E-state index in [9.17, 15) is 17.6 Å². The molecule has 0 atom stereocenters. The summed E-state index contributed by atoms with van der Waals surface area (Å²) in [6.45, 7) is -3.48. The van der Waals surface area contributed by atoms with Crippen LogP contribution in [-0.4, -0.2) is 4.83 Å². The van der Waals surface area contributed by atoms with Crippen molar-refractivity contribution in [2.24, 2.45) is 0 Å². The highest BCUT2D eigenvalue weighted by Gasteiger charge is 2.33. The van der Waals surface area contributed by atoms with Crippen LogP contribution in [0.2, 0.25) is 0 Å². The summed E-state index contributed by atoms with van der Waals surface area (Å²) in [5, 5.41) is 0. The van der Waals surface area contributed by atoms with Gasteiger partial charge in [-0.15, -0.1) is 0 Å². The average Bonchev–Trinajstić information content (AvgIpc) is 1.80. The molecule has 0 unspecified atom stereocenters. The van der Waals surface area contributed by atoms with E-state index in [1.807, 2.05) is 0 Å². The molecule has 0 nitrogen and oxygen atoms in total. The van der Waals surface area contributed by atoms with Crippen LogP contribution in [0.15, 0.2) is 11.7 Å². The van der Waals surface area contributed by atoms with Gasteiger partial charge in [0.2, 0.25) is 5.83 Å². The van der Waals surface area contributed by atoms with Crippen molar-refractivity contribution < 1.29 is 21.7 Å². The Morgan fingerprint density at radius 3 is 2.11 bits per heavy atom. The van der Waals surface area contributed by atoms with Crippen LogP contribution in [0.3, 0.4) is 0 Å². The first-order valence-corrected chi connectivity index (χ1v) is 2.49. The van der Waals surface area contributed by atoms with Gasteiger partial charge in [0.25, 0.3) is 0 Å². The summed E-state index contributed by atoms with van der Waals surface area (Å²) in [5.74, 6) is -5.06. The molecule has 0 spiro atoms. The molecule has 9 heavy (non-hydrogen) atoms. The molecule has 0 fully saturated rings. The highest BCUT2D eigenvalue weighted by molar-refractivity contribution is 9.10. The lowest BCUT2D eigenvalue weighted by Gasteiger charge is -2.03. The first-order chi connectivity index (χ1) is 5.07.